The number of nitrogens with two attached hydrogens (primary N) is 1. The highest BCUT2D eigenvalue weighted by atomic mass is 35.5. The highest BCUT2D eigenvalue weighted by Crippen LogP contribution is 2.41. The van der Waals surface area contributed by atoms with Gasteiger partial charge in [0.2, 0.25) is 5.91 Å². The van der Waals surface area contributed by atoms with Crippen molar-refractivity contribution in [1.29, 1.82) is 0 Å². The van der Waals surface area contributed by atoms with E-state index >= 15 is 0 Å². The quantitative estimate of drug-likeness (QED) is 0.724. The molecule has 4 N–H and O–H groups in total. The Hall–Kier alpha value is -1.75. The van der Waals surface area contributed by atoms with Crippen LogP contribution in [0.3, 0.4) is 0 Å². The number of rotatable bonds is 4. The summed E-state index contributed by atoms with van der Waals surface area (Å²) in [5, 5.41) is 13.8. The van der Waals surface area contributed by atoms with Gasteiger partial charge in [0.05, 0.1) is 0 Å². The molecule has 0 fully saturated rings. The Bertz CT molecular complexity index is 837. The van der Waals surface area contributed by atoms with Gasteiger partial charge in [-0.2, -0.15) is 0 Å². The topological polar surface area (TPSA) is 75.3 Å². The van der Waals surface area contributed by atoms with Gasteiger partial charge in [-0.3, -0.25) is 4.79 Å². The highest BCUT2D eigenvalue weighted by Gasteiger charge is 2.44. The molecule has 1 heterocycles. The minimum absolute atomic E-state index is 0. The molecule has 0 spiro atoms. The first-order valence-electron chi connectivity index (χ1n) is 9.09. The summed E-state index contributed by atoms with van der Waals surface area (Å²) in [5.74, 6) is -0.259. The molecule has 0 bridgehead atoms. The molecular formula is C21H26Cl2N2O2. The third-order valence-corrected chi connectivity index (χ3v) is 5.93. The van der Waals surface area contributed by atoms with Gasteiger partial charge in [0, 0.05) is 11.6 Å². The number of phenolic OH excluding ortho intramolecular Hbond substituents is 1. The second-order valence-electron chi connectivity index (χ2n) is 6.80. The number of halogens is 2. The van der Waals surface area contributed by atoms with Crippen LogP contribution in [0, 0.1) is 0 Å². The number of aromatic hydroxyl groups is 1. The molecule has 0 saturated heterocycles. The molecule has 0 radical (unpaired) electrons. The van der Waals surface area contributed by atoms with E-state index in [1.54, 1.807) is 24.3 Å². The lowest BCUT2D eigenvalue weighted by Gasteiger charge is -2.33. The Labute approximate surface area is 171 Å². The Balaban J connectivity index is 0.00000261. The first-order valence-corrected chi connectivity index (χ1v) is 9.47. The zero-order valence-corrected chi connectivity index (χ0v) is 17.2. The molecule has 3 rings (SSSR count). The number of phenols is 1. The van der Waals surface area contributed by atoms with E-state index in [0.29, 0.717) is 6.54 Å². The fourth-order valence-electron chi connectivity index (χ4n) is 4.06. The Kier molecular flexibility index (Phi) is 6.79. The number of amides is 1. The van der Waals surface area contributed by atoms with Crippen LogP contribution in [0.1, 0.15) is 41.7 Å². The largest absolute Gasteiger partial charge is 0.508 e. The molecular weight excluding hydrogens is 383 g/mol. The number of hydrogen-bond acceptors (Lipinski definition) is 3. The van der Waals surface area contributed by atoms with Crippen LogP contribution in [-0.2, 0) is 29.5 Å². The van der Waals surface area contributed by atoms with E-state index in [9.17, 15) is 9.90 Å². The number of nitrogens with one attached hydrogen (secondary N) is 1. The van der Waals surface area contributed by atoms with Gasteiger partial charge < -0.3 is 16.2 Å². The van der Waals surface area contributed by atoms with Crippen LogP contribution in [0.15, 0.2) is 30.3 Å². The normalized spacial score (nSPS) is 18.9. The second kappa shape index (κ2) is 8.51. The summed E-state index contributed by atoms with van der Waals surface area (Å²) >= 11 is 6.81. The van der Waals surface area contributed by atoms with E-state index in [4.69, 9.17) is 17.3 Å². The molecule has 6 heteroatoms. The fraction of sp³-hybridized carbons (Fsp3) is 0.381. The molecule has 2 aromatic rings. The van der Waals surface area contributed by atoms with Crippen molar-refractivity contribution in [3.05, 3.63) is 63.2 Å². The Morgan fingerprint density at radius 1 is 1.26 bits per heavy atom. The van der Waals surface area contributed by atoms with Crippen LogP contribution >= 0.6 is 24.0 Å². The summed E-state index contributed by atoms with van der Waals surface area (Å²) in [6.07, 6.45) is 2.44. The molecule has 1 aliphatic heterocycles. The maximum atomic E-state index is 12.8. The standard InChI is InChI=1S/C21H25ClN2O2.ClH/c1-3-13-11-18-17(19(22)16(13)4-2)9-10-24-12-21(18,20(23)26)14-5-7-15(25)8-6-14;/h5-8,11,24-25H,3-4,9-10,12H2,1-2H3,(H2,23,26);1H. The van der Waals surface area contributed by atoms with Gasteiger partial charge in [0.25, 0.3) is 0 Å². The van der Waals surface area contributed by atoms with Crippen LogP contribution in [0.5, 0.6) is 5.75 Å². The SMILES string of the molecule is CCc1cc2c(c(Cl)c1CC)CCNCC2(C(N)=O)c1ccc(O)cc1.Cl. The van der Waals surface area contributed by atoms with Crippen LogP contribution in [0.25, 0.3) is 0 Å². The van der Waals surface area contributed by atoms with Gasteiger partial charge in [0.1, 0.15) is 11.2 Å². The summed E-state index contributed by atoms with van der Waals surface area (Å²) in [6, 6.07) is 8.83. The Morgan fingerprint density at radius 3 is 2.48 bits per heavy atom. The molecule has 146 valence electrons. The first-order chi connectivity index (χ1) is 12.5. The van der Waals surface area contributed by atoms with E-state index in [-0.39, 0.29) is 18.2 Å². The van der Waals surface area contributed by atoms with Crippen molar-refractivity contribution >= 4 is 29.9 Å². The van der Waals surface area contributed by atoms with Crippen molar-refractivity contribution in [2.45, 2.75) is 38.5 Å². The number of primary amides is 1. The summed E-state index contributed by atoms with van der Waals surface area (Å²) in [7, 11) is 0. The number of aryl methyl sites for hydroxylation is 1. The van der Waals surface area contributed by atoms with Crippen molar-refractivity contribution < 1.29 is 9.90 Å². The number of carbonyl (C=O) groups excluding carboxylic acids is 1. The summed E-state index contributed by atoms with van der Waals surface area (Å²) < 4.78 is 0. The monoisotopic (exact) mass is 408 g/mol. The van der Waals surface area contributed by atoms with Gasteiger partial charge in [-0.05, 0) is 65.8 Å². The van der Waals surface area contributed by atoms with E-state index in [0.717, 1.165) is 58.6 Å². The van der Waals surface area contributed by atoms with Crippen molar-refractivity contribution in [1.82, 2.24) is 5.32 Å². The summed E-state index contributed by atoms with van der Waals surface area (Å²) in [4.78, 5) is 12.8. The predicted molar refractivity (Wildman–Crippen MR) is 112 cm³/mol. The lowest BCUT2D eigenvalue weighted by Crippen LogP contribution is -2.49. The van der Waals surface area contributed by atoms with Gasteiger partial charge in [-0.1, -0.05) is 43.6 Å². The minimum atomic E-state index is -1.01. The lowest BCUT2D eigenvalue weighted by atomic mass is 9.71. The number of carbonyl (C=O) groups is 1. The molecule has 0 saturated carbocycles. The average molecular weight is 409 g/mol. The van der Waals surface area contributed by atoms with Crippen LogP contribution in [-0.4, -0.2) is 24.1 Å². The third kappa shape index (κ3) is 3.54. The highest BCUT2D eigenvalue weighted by molar-refractivity contribution is 6.32. The van der Waals surface area contributed by atoms with Crippen LogP contribution in [0.2, 0.25) is 5.02 Å². The molecule has 4 nitrogen and oxygen atoms in total. The van der Waals surface area contributed by atoms with Crippen molar-refractivity contribution in [2.75, 3.05) is 13.1 Å². The molecule has 27 heavy (non-hydrogen) atoms. The van der Waals surface area contributed by atoms with E-state index < -0.39 is 11.3 Å². The molecule has 0 aliphatic carbocycles. The predicted octanol–water partition coefficient (Wildman–Crippen LogP) is 3.51. The molecule has 1 atom stereocenters. The van der Waals surface area contributed by atoms with Gasteiger partial charge in [-0.15, -0.1) is 12.4 Å². The molecule has 1 amide bonds. The Morgan fingerprint density at radius 2 is 1.93 bits per heavy atom. The van der Waals surface area contributed by atoms with Gasteiger partial charge in [-0.25, -0.2) is 0 Å². The third-order valence-electron chi connectivity index (χ3n) is 5.48. The molecule has 1 aliphatic rings. The lowest BCUT2D eigenvalue weighted by molar-refractivity contribution is -0.122. The summed E-state index contributed by atoms with van der Waals surface area (Å²) in [5.41, 5.74) is 9.93. The molecule has 1 unspecified atom stereocenters. The minimum Gasteiger partial charge on any atom is -0.508 e. The van der Waals surface area contributed by atoms with E-state index in [1.165, 1.54) is 0 Å². The zero-order chi connectivity index (χ0) is 18.9. The second-order valence-corrected chi connectivity index (χ2v) is 7.18. The number of hydrogen-bond donors (Lipinski definition) is 3. The van der Waals surface area contributed by atoms with E-state index in [1.807, 2.05) is 0 Å². The molecule has 0 aromatic heterocycles. The van der Waals surface area contributed by atoms with Crippen molar-refractivity contribution in [3.63, 3.8) is 0 Å². The molecule has 2 aromatic carbocycles. The van der Waals surface area contributed by atoms with E-state index in [2.05, 4.69) is 25.2 Å². The average Bonchev–Trinajstić information content (AvgIpc) is 2.83. The number of fused-ring (bicyclic) bond motifs is 1. The van der Waals surface area contributed by atoms with Crippen molar-refractivity contribution in [2.24, 2.45) is 5.73 Å². The smallest absolute Gasteiger partial charge is 0.233 e. The summed E-state index contributed by atoms with van der Waals surface area (Å²) in [6.45, 7) is 5.33. The van der Waals surface area contributed by atoms with Gasteiger partial charge in [0.15, 0.2) is 0 Å². The number of benzene rings is 2. The maximum Gasteiger partial charge on any atom is 0.233 e. The maximum absolute atomic E-state index is 12.8. The van der Waals surface area contributed by atoms with Gasteiger partial charge >= 0.3 is 0 Å². The fourth-order valence-corrected chi connectivity index (χ4v) is 4.51. The van der Waals surface area contributed by atoms with Crippen LogP contribution in [0.4, 0.5) is 0 Å². The van der Waals surface area contributed by atoms with Crippen molar-refractivity contribution in [3.8, 4) is 5.75 Å². The zero-order valence-electron chi connectivity index (χ0n) is 15.6. The van der Waals surface area contributed by atoms with Crippen LogP contribution < -0.4 is 11.1 Å². The first kappa shape index (κ1) is 21.5.